The van der Waals surface area contributed by atoms with Gasteiger partial charge in [0.25, 0.3) is 0 Å². The third kappa shape index (κ3) is 7.01. The summed E-state index contributed by atoms with van der Waals surface area (Å²) in [5, 5.41) is 0. The molecule has 0 radical (unpaired) electrons. The summed E-state index contributed by atoms with van der Waals surface area (Å²) in [6, 6.07) is 22.3. The highest BCUT2D eigenvalue weighted by Gasteiger charge is 2.20. The number of hydrogen-bond donors (Lipinski definition) is 0. The quantitative estimate of drug-likeness (QED) is 0.143. The Bertz CT molecular complexity index is 1250. The average molecular weight is 495 g/mol. The standard InChI is InChI=1S/C34H38O3/c1-4-6-8-10-25-12-16-27(17-13-25)32(35)22-29-23-34(37-33-21-20-30(36-3)24-31(29)33)28-18-14-26(15-19-28)11-9-7-5-2/h12-24H,4-11H2,1-3H3. The summed E-state index contributed by atoms with van der Waals surface area (Å²) >= 11 is 0. The second-order valence-electron chi connectivity index (χ2n) is 9.74. The van der Waals surface area contributed by atoms with Gasteiger partial charge in [-0.3, -0.25) is 4.79 Å². The maximum Gasteiger partial charge on any atom is 0.186 e. The molecule has 0 saturated carbocycles. The molecule has 0 spiro atoms. The molecule has 0 bridgehead atoms. The minimum absolute atomic E-state index is 0.0207. The molecule has 3 aromatic rings. The number of carbonyl (C=O) groups excluding carboxylic acids is 1. The van der Waals surface area contributed by atoms with Crippen LogP contribution in [0.5, 0.6) is 11.5 Å². The summed E-state index contributed by atoms with van der Waals surface area (Å²) in [7, 11) is 1.64. The Labute approximate surface area is 221 Å². The number of ether oxygens (including phenoxy) is 2. The van der Waals surface area contributed by atoms with Crippen LogP contribution in [0.25, 0.3) is 11.3 Å². The topological polar surface area (TPSA) is 35.5 Å². The number of unbranched alkanes of at least 4 members (excludes halogenated alkanes) is 4. The monoisotopic (exact) mass is 494 g/mol. The fourth-order valence-corrected chi connectivity index (χ4v) is 4.63. The molecule has 1 aliphatic heterocycles. The minimum atomic E-state index is -0.0207. The number of fused-ring (bicyclic) bond motifs is 1. The molecule has 0 fully saturated rings. The second kappa shape index (κ2) is 13.1. The largest absolute Gasteiger partial charge is 0.497 e. The number of ketones is 1. The highest BCUT2D eigenvalue weighted by atomic mass is 16.5. The minimum Gasteiger partial charge on any atom is -0.497 e. The Hall–Kier alpha value is -3.59. The van der Waals surface area contributed by atoms with Gasteiger partial charge in [0, 0.05) is 16.7 Å². The van der Waals surface area contributed by atoms with Gasteiger partial charge in [-0.2, -0.15) is 0 Å². The molecule has 4 rings (SSSR count). The van der Waals surface area contributed by atoms with Crippen LogP contribution in [0.15, 0.2) is 78.9 Å². The Kier molecular flexibility index (Phi) is 9.37. The van der Waals surface area contributed by atoms with Crippen LogP contribution in [0.2, 0.25) is 0 Å². The molecule has 1 aliphatic rings. The van der Waals surface area contributed by atoms with E-state index in [1.54, 1.807) is 13.2 Å². The zero-order valence-corrected chi connectivity index (χ0v) is 22.4. The normalized spacial score (nSPS) is 13.6. The van der Waals surface area contributed by atoms with Crippen LogP contribution in [0.1, 0.15) is 85.0 Å². The van der Waals surface area contributed by atoms with Gasteiger partial charge in [-0.25, -0.2) is 0 Å². The van der Waals surface area contributed by atoms with E-state index in [4.69, 9.17) is 9.47 Å². The number of benzene rings is 3. The molecule has 3 nitrogen and oxygen atoms in total. The molecular weight excluding hydrogens is 456 g/mol. The number of rotatable bonds is 12. The van der Waals surface area contributed by atoms with Crippen molar-refractivity contribution < 1.29 is 14.3 Å². The zero-order chi connectivity index (χ0) is 26.0. The number of hydrogen-bond acceptors (Lipinski definition) is 3. The molecule has 0 saturated heterocycles. The first-order valence-electron chi connectivity index (χ1n) is 13.6. The lowest BCUT2D eigenvalue weighted by Crippen LogP contribution is -2.06. The second-order valence-corrected chi connectivity index (χ2v) is 9.74. The maximum absolute atomic E-state index is 13.3. The smallest absolute Gasteiger partial charge is 0.186 e. The predicted octanol–water partition coefficient (Wildman–Crippen LogP) is 8.86. The highest BCUT2D eigenvalue weighted by molar-refractivity contribution is 6.11. The van der Waals surface area contributed by atoms with Crippen LogP contribution in [-0.4, -0.2) is 12.9 Å². The number of aryl methyl sites for hydroxylation is 2. The Balaban J connectivity index is 1.61. The first-order chi connectivity index (χ1) is 18.1. The summed E-state index contributed by atoms with van der Waals surface area (Å²) in [5.41, 5.74) is 5.97. The third-order valence-corrected chi connectivity index (χ3v) is 6.91. The van der Waals surface area contributed by atoms with Crippen molar-refractivity contribution in [2.24, 2.45) is 0 Å². The van der Waals surface area contributed by atoms with Crippen molar-refractivity contribution in [2.75, 3.05) is 7.11 Å². The van der Waals surface area contributed by atoms with Gasteiger partial charge in [0.05, 0.1) is 7.11 Å². The van der Waals surface area contributed by atoms with Crippen LogP contribution in [0.3, 0.4) is 0 Å². The summed E-state index contributed by atoms with van der Waals surface area (Å²) < 4.78 is 11.7. The van der Waals surface area contributed by atoms with E-state index < -0.39 is 0 Å². The molecule has 192 valence electrons. The van der Waals surface area contributed by atoms with Gasteiger partial charge in [-0.1, -0.05) is 88.1 Å². The lowest BCUT2D eigenvalue weighted by molar-refractivity contribution is 0.104. The van der Waals surface area contributed by atoms with Crippen LogP contribution in [0.4, 0.5) is 0 Å². The van der Waals surface area contributed by atoms with E-state index in [-0.39, 0.29) is 5.78 Å². The molecular formula is C34H38O3. The highest BCUT2D eigenvalue weighted by Crippen LogP contribution is 2.39. The Morgan fingerprint density at radius 1 is 0.811 bits per heavy atom. The molecule has 0 aliphatic carbocycles. The van der Waals surface area contributed by atoms with Crippen molar-refractivity contribution in [3.05, 3.63) is 107 Å². The molecule has 0 amide bonds. The fourth-order valence-electron chi connectivity index (χ4n) is 4.63. The molecule has 0 atom stereocenters. The van der Waals surface area contributed by atoms with Crippen molar-refractivity contribution in [2.45, 2.75) is 65.2 Å². The van der Waals surface area contributed by atoms with Crippen LogP contribution in [0, 0.1) is 0 Å². The zero-order valence-electron chi connectivity index (χ0n) is 22.4. The molecule has 1 heterocycles. The SMILES string of the molecule is CCCCCc1ccc(C(=O)C=C2C=C(c3ccc(CCCCC)cc3)Oc3ccc(OC)cc32)cc1. The lowest BCUT2D eigenvalue weighted by Gasteiger charge is -2.21. The van der Waals surface area contributed by atoms with E-state index in [0.717, 1.165) is 46.8 Å². The average Bonchev–Trinajstić information content (AvgIpc) is 2.93. The van der Waals surface area contributed by atoms with E-state index in [1.165, 1.54) is 49.7 Å². The van der Waals surface area contributed by atoms with E-state index >= 15 is 0 Å². The number of allylic oxidation sites excluding steroid dienone is 3. The Morgan fingerprint density at radius 3 is 2.03 bits per heavy atom. The molecule has 37 heavy (non-hydrogen) atoms. The third-order valence-electron chi connectivity index (χ3n) is 6.91. The van der Waals surface area contributed by atoms with Crippen molar-refractivity contribution >= 4 is 17.1 Å². The van der Waals surface area contributed by atoms with Gasteiger partial charge < -0.3 is 9.47 Å². The van der Waals surface area contributed by atoms with E-state index in [1.807, 2.05) is 36.4 Å². The van der Waals surface area contributed by atoms with E-state index in [2.05, 4.69) is 50.2 Å². The van der Waals surface area contributed by atoms with Crippen molar-refractivity contribution in [1.82, 2.24) is 0 Å². The summed E-state index contributed by atoms with van der Waals surface area (Å²) in [6.07, 6.45) is 13.1. The Morgan fingerprint density at radius 2 is 1.43 bits per heavy atom. The molecule has 3 aromatic carbocycles. The molecule has 0 unspecified atom stereocenters. The van der Waals surface area contributed by atoms with Gasteiger partial charge in [0.2, 0.25) is 0 Å². The fraction of sp³-hybridized carbons (Fsp3) is 0.324. The van der Waals surface area contributed by atoms with Gasteiger partial charge in [-0.15, -0.1) is 0 Å². The van der Waals surface area contributed by atoms with Crippen LogP contribution < -0.4 is 9.47 Å². The predicted molar refractivity (Wildman–Crippen MR) is 153 cm³/mol. The number of methoxy groups -OCH3 is 1. The van der Waals surface area contributed by atoms with E-state index in [9.17, 15) is 4.79 Å². The van der Waals surface area contributed by atoms with Crippen LogP contribution in [-0.2, 0) is 12.8 Å². The van der Waals surface area contributed by atoms with Gasteiger partial charge >= 0.3 is 0 Å². The summed E-state index contributed by atoms with van der Waals surface area (Å²) in [5.74, 6) is 2.16. The van der Waals surface area contributed by atoms with E-state index in [0.29, 0.717) is 5.56 Å². The number of carbonyl (C=O) groups is 1. The maximum atomic E-state index is 13.3. The first kappa shape index (κ1) is 26.5. The van der Waals surface area contributed by atoms with Gasteiger partial charge in [0.1, 0.15) is 17.3 Å². The lowest BCUT2D eigenvalue weighted by atomic mass is 9.96. The van der Waals surface area contributed by atoms with Gasteiger partial charge in [-0.05, 0) is 72.7 Å². The van der Waals surface area contributed by atoms with Crippen molar-refractivity contribution in [3.63, 3.8) is 0 Å². The van der Waals surface area contributed by atoms with Crippen molar-refractivity contribution in [3.8, 4) is 11.5 Å². The molecule has 3 heteroatoms. The first-order valence-corrected chi connectivity index (χ1v) is 13.6. The molecule has 0 N–H and O–H groups in total. The van der Waals surface area contributed by atoms with Gasteiger partial charge in [0.15, 0.2) is 5.78 Å². The van der Waals surface area contributed by atoms with Crippen molar-refractivity contribution in [1.29, 1.82) is 0 Å². The summed E-state index contributed by atoms with van der Waals surface area (Å²) in [4.78, 5) is 13.3. The molecule has 0 aromatic heterocycles. The summed E-state index contributed by atoms with van der Waals surface area (Å²) in [6.45, 7) is 4.44. The van der Waals surface area contributed by atoms with Crippen LogP contribution >= 0.6 is 0 Å².